The predicted molar refractivity (Wildman–Crippen MR) is 81.0 cm³/mol. The van der Waals surface area contributed by atoms with Crippen LogP contribution in [0.2, 0.25) is 0 Å². The van der Waals surface area contributed by atoms with E-state index in [0.29, 0.717) is 0 Å². The zero-order valence-corrected chi connectivity index (χ0v) is 13.3. The minimum absolute atomic E-state index is 0.865. The maximum atomic E-state index is 3.64. The predicted octanol–water partition coefficient (Wildman–Crippen LogP) is 3.47. The number of hydrogen-bond acceptors (Lipinski definition) is 3. The molecular formula is C14H21BrN2S. The van der Waals surface area contributed by atoms with E-state index in [9.17, 15) is 0 Å². The largest absolute Gasteiger partial charge is 0.312 e. The first-order chi connectivity index (χ1) is 8.74. The van der Waals surface area contributed by atoms with E-state index in [1.165, 1.54) is 41.6 Å². The Hall–Kier alpha value is 0.100. The van der Waals surface area contributed by atoms with Crippen LogP contribution in [0.3, 0.4) is 0 Å². The lowest BCUT2D eigenvalue weighted by Gasteiger charge is -2.36. The number of halogens is 1. The second-order valence-corrected chi connectivity index (χ2v) is 7.57. The zero-order valence-electron chi connectivity index (χ0n) is 10.9. The first-order valence-corrected chi connectivity index (χ1v) is 8.56. The van der Waals surface area contributed by atoms with E-state index in [2.05, 4.69) is 44.6 Å². The maximum Gasteiger partial charge on any atom is 0.0327 e. The molecule has 0 spiro atoms. The van der Waals surface area contributed by atoms with Crippen LogP contribution in [0.4, 0.5) is 0 Å². The molecule has 1 aromatic heterocycles. The molecule has 2 nitrogen and oxygen atoms in total. The molecule has 0 amide bonds. The number of fused-ring (bicyclic) bond motifs is 2. The summed E-state index contributed by atoms with van der Waals surface area (Å²) in [6.45, 7) is 2.20. The van der Waals surface area contributed by atoms with Gasteiger partial charge >= 0.3 is 0 Å². The second kappa shape index (κ2) is 5.61. The van der Waals surface area contributed by atoms with Crippen LogP contribution in [0.1, 0.15) is 30.6 Å². The van der Waals surface area contributed by atoms with Gasteiger partial charge in [-0.25, -0.2) is 0 Å². The molecule has 0 radical (unpaired) electrons. The fraction of sp³-hybridized carbons (Fsp3) is 0.714. The second-order valence-electron chi connectivity index (χ2n) is 5.71. The molecule has 2 aliphatic heterocycles. The highest BCUT2D eigenvalue weighted by Crippen LogP contribution is 2.37. The van der Waals surface area contributed by atoms with E-state index < -0.39 is 0 Å². The molecule has 0 aromatic carbocycles. The van der Waals surface area contributed by atoms with Crippen LogP contribution in [-0.4, -0.2) is 30.6 Å². The third-order valence-electron chi connectivity index (χ3n) is 4.61. The fourth-order valence-electron chi connectivity index (χ4n) is 3.53. The average molecular weight is 329 g/mol. The molecule has 3 rings (SSSR count). The molecule has 4 heteroatoms. The third kappa shape index (κ3) is 2.67. The van der Waals surface area contributed by atoms with Crippen molar-refractivity contribution in [3.8, 4) is 0 Å². The SMILES string of the molecule is CN1C2CCC1CC(CNCc1sccc1Br)C2. The normalized spacial score (nSPS) is 32.0. The van der Waals surface area contributed by atoms with Gasteiger partial charge in [-0.2, -0.15) is 0 Å². The van der Waals surface area contributed by atoms with E-state index >= 15 is 0 Å². The number of hydrogen-bond donors (Lipinski definition) is 1. The van der Waals surface area contributed by atoms with E-state index in [4.69, 9.17) is 0 Å². The van der Waals surface area contributed by atoms with Gasteiger partial charge in [0.05, 0.1) is 0 Å². The summed E-state index contributed by atoms with van der Waals surface area (Å²) in [5.41, 5.74) is 0. The molecule has 1 aromatic rings. The molecule has 100 valence electrons. The molecule has 3 heterocycles. The number of nitrogens with zero attached hydrogens (tertiary/aromatic N) is 1. The highest BCUT2D eigenvalue weighted by atomic mass is 79.9. The smallest absolute Gasteiger partial charge is 0.0327 e. The van der Waals surface area contributed by atoms with Crippen LogP contribution in [0.15, 0.2) is 15.9 Å². The van der Waals surface area contributed by atoms with Crippen molar-refractivity contribution >= 4 is 27.3 Å². The van der Waals surface area contributed by atoms with Crippen molar-refractivity contribution in [1.29, 1.82) is 0 Å². The van der Waals surface area contributed by atoms with Gasteiger partial charge in [-0.05, 0) is 72.6 Å². The van der Waals surface area contributed by atoms with Gasteiger partial charge in [0.15, 0.2) is 0 Å². The van der Waals surface area contributed by atoms with Gasteiger partial charge < -0.3 is 10.2 Å². The highest BCUT2D eigenvalue weighted by molar-refractivity contribution is 9.10. The van der Waals surface area contributed by atoms with Gasteiger partial charge in [-0.3, -0.25) is 0 Å². The van der Waals surface area contributed by atoms with Crippen molar-refractivity contribution < 1.29 is 0 Å². The van der Waals surface area contributed by atoms with Gasteiger partial charge in [-0.1, -0.05) is 0 Å². The quantitative estimate of drug-likeness (QED) is 0.910. The van der Waals surface area contributed by atoms with Crippen molar-refractivity contribution in [1.82, 2.24) is 10.2 Å². The van der Waals surface area contributed by atoms with Crippen molar-refractivity contribution in [3.63, 3.8) is 0 Å². The van der Waals surface area contributed by atoms with Gasteiger partial charge in [-0.15, -0.1) is 11.3 Å². The van der Waals surface area contributed by atoms with Crippen LogP contribution in [0.25, 0.3) is 0 Å². The highest BCUT2D eigenvalue weighted by Gasteiger charge is 2.37. The summed E-state index contributed by atoms with van der Waals surface area (Å²) in [6.07, 6.45) is 5.64. The maximum absolute atomic E-state index is 3.64. The van der Waals surface area contributed by atoms with Crippen molar-refractivity contribution in [2.24, 2.45) is 5.92 Å². The van der Waals surface area contributed by atoms with Crippen LogP contribution in [-0.2, 0) is 6.54 Å². The molecule has 2 aliphatic rings. The Morgan fingerprint density at radius 2 is 2.11 bits per heavy atom. The van der Waals surface area contributed by atoms with Crippen LogP contribution in [0, 0.1) is 5.92 Å². The summed E-state index contributed by atoms with van der Waals surface area (Å²) < 4.78 is 1.25. The van der Waals surface area contributed by atoms with Crippen LogP contribution in [0.5, 0.6) is 0 Å². The molecule has 2 fully saturated rings. The lowest BCUT2D eigenvalue weighted by atomic mass is 9.91. The molecule has 2 saturated heterocycles. The number of nitrogens with one attached hydrogen (secondary N) is 1. The minimum Gasteiger partial charge on any atom is -0.312 e. The topological polar surface area (TPSA) is 15.3 Å². The van der Waals surface area contributed by atoms with Crippen molar-refractivity contribution in [2.45, 2.75) is 44.3 Å². The lowest BCUT2D eigenvalue weighted by Crippen LogP contribution is -2.42. The average Bonchev–Trinajstić information content (AvgIpc) is 2.82. The Morgan fingerprint density at radius 1 is 1.39 bits per heavy atom. The number of piperidine rings is 1. The Balaban J connectivity index is 1.46. The lowest BCUT2D eigenvalue weighted by molar-refractivity contribution is 0.133. The first-order valence-electron chi connectivity index (χ1n) is 6.88. The molecule has 1 N–H and O–H groups in total. The standard InChI is InChI=1S/C14H21BrN2S/c1-17-11-2-3-12(17)7-10(6-11)8-16-9-14-13(15)4-5-18-14/h4-5,10-12,16H,2-3,6-9H2,1H3. The zero-order chi connectivity index (χ0) is 12.5. The molecule has 2 unspecified atom stereocenters. The Labute approximate surface area is 122 Å². The monoisotopic (exact) mass is 328 g/mol. The first kappa shape index (κ1) is 13.1. The van der Waals surface area contributed by atoms with Gasteiger partial charge in [0.25, 0.3) is 0 Å². The summed E-state index contributed by atoms with van der Waals surface area (Å²) in [5, 5.41) is 5.79. The van der Waals surface area contributed by atoms with Gasteiger partial charge in [0.2, 0.25) is 0 Å². The summed E-state index contributed by atoms with van der Waals surface area (Å²) in [4.78, 5) is 4.04. The number of rotatable bonds is 4. The summed E-state index contributed by atoms with van der Waals surface area (Å²) >= 11 is 5.43. The summed E-state index contributed by atoms with van der Waals surface area (Å²) in [7, 11) is 2.31. The molecule has 0 aliphatic carbocycles. The van der Waals surface area contributed by atoms with Crippen LogP contribution < -0.4 is 5.32 Å². The van der Waals surface area contributed by atoms with E-state index in [1.807, 2.05) is 11.3 Å². The Morgan fingerprint density at radius 3 is 2.72 bits per heavy atom. The van der Waals surface area contributed by atoms with E-state index in [0.717, 1.165) is 24.5 Å². The summed E-state index contributed by atoms with van der Waals surface area (Å²) in [5.74, 6) is 0.887. The molecule has 18 heavy (non-hydrogen) atoms. The Bertz CT molecular complexity index is 392. The molecule has 0 saturated carbocycles. The molecule has 2 bridgehead atoms. The fourth-order valence-corrected chi connectivity index (χ4v) is 4.99. The van der Waals surface area contributed by atoms with Crippen molar-refractivity contribution in [3.05, 3.63) is 20.8 Å². The number of thiophene rings is 1. The Kier molecular flexibility index (Phi) is 4.09. The molecular weight excluding hydrogens is 308 g/mol. The minimum atomic E-state index is 0.865. The van der Waals surface area contributed by atoms with Crippen molar-refractivity contribution in [2.75, 3.05) is 13.6 Å². The third-order valence-corrected chi connectivity index (χ3v) is 6.53. The summed E-state index contributed by atoms with van der Waals surface area (Å²) in [6, 6.07) is 3.87. The van der Waals surface area contributed by atoms with Gasteiger partial charge in [0, 0.05) is 28.0 Å². The molecule has 2 atom stereocenters. The van der Waals surface area contributed by atoms with Gasteiger partial charge in [0.1, 0.15) is 0 Å². The van der Waals surface area contributed by atoms with Crippen LogP contribution >= 0.6 is 27.3 Å². The van der Waals surface area contributed by atoms with E-state index in [-0.39, 0.29) is 0 Å². The van der Waals surface area contributed by atoms with E-state index in [1.54, 1.807) is 0 Å².